The standard InChI is InChI=1S/C13H17F4NO/c1-4-12(2,19-3)11(18)8-5-6-9(10(14)7-8)13(15,16)17/h5-7,11H,4,18H2,1-3H3. The number of hydrogen-bond acceptors (Lipinski definition) is 2. The minimum atomic E-state index is -4.71. The van der Waals surface area contributed by atoms with Gasteiger partial charge in [-0.2, -0.15) is 13.2 Å². The lowest BCUT2D eigenvalue weighted by molar-refractivity contribution is -0.140. The summed E-state index contributed by atoms with van der Waals surface area (Å²) in [4.78, 5) is 0. The number of hydrogen-bond donors (Lipinski definition) is 1. The first-order valence-electron chi connectivity index (χ1n) is 5.83. The first-order chi connectivity index (χ1) is 8.65. The van der Waals surface area contributed by atoms with Crippen LogP contribution in [0.5, 0.6) is 0 Å². The maximum absolute atomic E-state index is 13.5. The SMILES string of the molecule is CCC(C)(OC)C(N)c1ccc(C(F)(F)F)c(F)c1. The summed E-state index contributed by atoms with van der Waals surface area (Å²) in [5.74, 6) is -1.32. The fourth-order valence-corrected chi connectivity index (χ4v) is 1.80. The molecule has 0 radical (unpaired) electrons. The van der Waals surface area contributed by atoms with Gasteiger partial charge in [0.05, 0.1) is 17.2 Å². The van der Waals surface area contributed by atoms with E-state index in [0.717, 1.165) is 6.07 Å². The van der Waals surface area contributed by atoms with E-state index in [0.29, 0.717) is 12.5 Å². The monoisotopic (exact) mass is 279 g/mol. The Morgan fingerprint density at radius 3 is 2.26 bits per heavy atom. The lowest BCUT2D eigenvalue weighted by Crippen LogP contribution is -2.39. The molecule has 19 heavy (non-hydrogen) atoms. The molecule has 2 N–H and O–H groups in total. The Hall–Kier alpha value is -1.14. The minimum absolute atomic E-state index is 0.275. The summed E-state index contributed by atoms with van der Waals surface area (Å²) in [6.45, 7) is 3.57. The quantitative estimate of drug-likeness (QED) is 0.854. The van der Waals surface area contributed by atoms with Crippen molar-refractivity contribution in [2.24, 2.45) is 5.73 Å². The highest BCUT2D eigenvalue weighted by molar-refractivity contribution is 5.29. The minimum Gasteiger partial charge on any atom is -0.377 e. The Bertz CT molecular complexity index is 441. The van der Waals surface area contributed by atoms with Crippen LogP contribution in [-0.2, 0) is 10.9 Å². The van der Waals surface area contributed by atoms with Gasteiger partial charge in [-0.15, -0.1) is 0 Å². The smallest absolute Gasteiger partial charge is 0.377 e. The zero-order valence-electron chi connectivity index (χ0n) is 11.0. The molecule has 0 saturated heterocycles. The second-order valence-electron chi connectivity index (χ2n) is 4.59. The van der Waals surface area contributed by atoms with Gasteiger partial charge < -0.3 is 10.5 Å². The van der Waals surface area contributed by atoms with Crippen molar-refractivity contribution in [3.63, 3.8) is 0 Å². The summed E-state index contributed by atoms with van der Waals surface area (Å²) in [5, 5.41) is 0. The first kappa shape index (κ1) is 15.9. The number of halogens is 4. The molecule has 0 fully saturated rings. The number of methoxy groups -OCH3 is 1. The summed E-state index contributed by atoms with van der Waals surface area (Å²) < 4.78 is 56.1. The average Bonchev–Trinajstić information content (AvgIpc) is 2.35. The Morgan fingerprint density at radius 1 is 1.32 bits per heavy atom. The van der Waals surface area contributed by atoms with Gasteiger partial charge in [0.25, 0.3) is 0 Å². The molecule has 1 aromatic rings. The second kappa shape index (κ2) is 5.46. The molecule has 0 aliphatic carbocycles. The number of nitrogens with two attached hydrogens (primary N) is 1. The van der Waals surface area contributed by atoms with Crippen molar-refractivity contribution >= 4 is 0 Å². The van der Waals surface area contributed by atoms with Crippen molar-refractivity contribution in [3.8, 4) is 0 Å². The van der Waals surface area contributed by atoms with Gasteiger partial charge in [0.2, 0.25) is 0 Å². The van der Waals surface area contributed by atoms with Gasteiger partial charge in [0.1, 0.15) is 5.82 Å². The van der Waals surface area contributed by atoms with Crippen LogP contribution in [0.15, 0.2) is 18.2 Å². The highest BCUT2D eigenvalue weighted by atomic mass is 19.4. The normalized spacial score (nSPS) is 17.1. The van der Waals surface area contributed by atoms with Crippen LogP contribution in [-0.4, -0.2) is 12.7 Å². The van der Waals surface area contributed by atoms with E-state index in [1.807, 2.05) is 6.92 Å². The topological polar surface area (TPSA) is 35.2 Å². The van der Waals surface area contributed by atoms with E-state index in [2.05, 4.69) is 0 Å². The largest absolute Gasteiger partial charge is 0.419 e. The van der Waals surface area contributed by atoms with E-state index in [-0.39, 0.29) is 5.56 Å². The lowest BCUT2D eigenvalue weighted by Gasteiger charge is -2.33. The number of alkyl halides is 3. The highest BCUT2D eigenvalue weighted by Gasteiger charge is 2.36. The molecule has 0 heterocycles. The molecule has 6 heteroatoms. The second-order valence-corrected chi connectivity index (χ2v) is 4.59. The Kier molecular flexibility index (Phi) is 4.58. The Balaban J connectivity index is 3.15. The Morgan fingerprint density at radius 2 is 1.89 bits per heavy atom. The predicted molar refractivity (Wildman–Crippen MR) is 64.0 cm³/mol. The molecule has 0 aliphatic rings. The van der Waals surface area contributed by atoms with Crippen molar-refractivity contribution < 1.29 is 22.3 Å². The molecule has 1 rings (SSSR count). The fraction of sp³-hybridized carbons (Fsp3) is 0.538. The summed E-state index contributed by atoms with van der Waals surface area (Å²) in [7, 11) is 1.46. The molecular weight excluding hydrogens is 262 g/mol. The molecule has 0 aliphatic heterocycles. The summed E-state index contributed by atoms with van der Waals surface area (Å²) >= 11 is 0. The third-order valence-corrected chi connectivity index (χ3v) is 3.48. The van der Waals surface area contributed by atoms with Crippen LogP contribution in [0.3, 0.4) is 0 Å². The van der Waals surface area contributed by atoms with Crippen molar-refractivity contribution in [1.29, 1.82) is 0 Å². The molecule has 0 spiro atoms. The van der Waals surface area contributed by atoms with Crippen molar-refractivity contribution in [3.05, 3.63) is 35.1 Å². The predicted octanol–water partition coefficient (Wildman–Crippen LogP) is 3.66. The molecule has 0 amide bonds. The van der Waals surface area contributed by atoms with Crippen LogP contribution in [0.4, 0.5) is 17.6 Å². The molecular formula is C13H17F4NO. The van der Waals surface area contributed by atoms with E-state index in [1.54, 1.807) is 6.92 Å². The van der Waals surface area contributed by atoms with E-state index < -0.39 is 29.2 Å². The van der Waals surface area contributed by atoms with Gasteiger partial charge in [-0.25, -0.2) is 4.39 Å². The zero-order chi connectivity index (χ0) is 14.8. The molecule has 2 nitrogen and oxygen atoms in total. The number of benzene rings is 1. The zero-order valence-corrected chi connectivity index (χ0v) is 11.0. The van der Waals surface area contributed by atoms with E-state index in [9.17, 15) is 17.6 Å². The van der Waals surface area contributed by atoms with Crippen LogP contribution in [0.25, 0.3) is 0 Å². The number of rotatable bonds is 4. The van der Waals surface area contributed by atoms with Crippen molar-refractivity contribution in [1.82, 2.24) is 0 Å². The van der Waals surface area contributed by atoms with Crippen LogP contribution < -0.4 is 5.73 Å². The van der Waals surface area contributed by atoms with E-state index in [1.165, 1.54) is 13.2 Å². The molecule has 0 aromatic heterocycles. The van der Waals surface area contributed by atoms with Crippen LogP contribution in [0, 0.1) is 5.82 Å². The van der Waals surface area contributed by atoms with E-state index >= 15 is 0 Å². The maximum atomic E-state index is 13.5. The lowest BCUT2D eigenvalue weighted by atomic mass is 9.88. The third-order valence-electron chi connectivity index (χ3n) is 3.48. The summed E-state index contributed by atoms with van der Waals surface area (Å²) in [6.07, 6.45) is -4.16. The van der Waals surface area contributed by atoms with Gasteiger partial charge in [0, 0.05) is 7.11 Å². The van der Waals surface area contributed by atoms with Gasteiger partial charge in [-0.1, -0.05) is 13.0 Å². The molecule has 1 aromatic carbocycles. The van der Waals surface area contributed by atoms with Gasteiger partial charge in [-0.3, -0.25) is 0 Å². The summed E-state index contributed by atoms with van der Waals surface area (Å²) in [6, 6.07) is 2.00. The van der Waals surface area contributed by atoms with Crippen LogP contribution in [0.2, 0.25) is 0 Å². The fourth-order valence-electron chi connectivity index (χ4n) is 1.80. The highest BCUT2D eigenvalue weighted by Crippen LogP contribution is 2.35. The molecule has 2 atom stereocenters. The summed E-state index contributed by atoms with van der Waals surface area (Å²) in [5.41, 5.74) is 4.17. The van der Waals surface area contributed by atoms with Crippen LogP contribution in [0.1, 0.15) is 37.4 Å². The average molecular weight is 279 g/mol. The van der Waals surface area contributed by atoms with Crippen molar-refractivity contribution in [2.75, 3.05) is 7.11 Å². The Labute approximate surface area is 109 Å². The van der Waals surface area contributed by atoms with E-state index in [4.69, 9.17) is 10.5 Å². The van der Waals surface area contributed by atoms with Gasteiger partial charge in [0.15, 0.2) is 0 Å². The van der Waals surface area contributed by atoms with Gasteiger partial charge in [-0.05, 0) is 31.0 Å². The molecule has 0 bridgehead atoms. The molecule has 0 saturated carbocycles. The van der Waals surface area contributed by atoms with Crippen molar-refractivity contribution in [2.45, 2.75) is 38.1 Å². The maximum Gasteiger partial charge on any atom is 0.419 e. The molecule has 108 valence electrons. The molecule has 2 unspecified atom stereocenters. The number of ether oxygens (including phenoxy) is 1. The third kappa shape index (κ3) is 3.25. The first-order valence-corrected chi connectivity index (χ1v) is 5.83. The van der Waals surface area contributed by atoms with Crippen LogP contribution >= 0.6 is 0 Å². The van der Waals surface area contributed by atoms with Gasteiger partial charge >= 0.3 is 6.18 Å².